The standard InChI is InChI=1S/C14H20N2OS/c1-2-4-11-14(17)16(9-10-6-7-10)13(15-11)12-5-3-8-18-12/h3,5,8,10-11,13,15H,2,4,6-7,9H2,1H3. The van der Waals surface area contributed by atoms with E-state index in [4.69, 9.17) is 0 Å². The van der Waals surface area contributed by atoms with Gasteiger partial charge in [0.05, 0.1) is 6.04 Å². The molecule has 1 aromatic heterocycles. The average molecular weight is 264 g/mol. The molecule has 2 aliphatic rings. The van der Waals surface area contributed by atoms with E-state index < -0.39 is 0 Å². The fourth-order valence-corrected chi connectivity index (χ4v) is 3.43. The first-order valence-electron chi connectivity index (χ1n) is 6.89. The van der Waals surface area contributed by atoms with Crippen molar-refractivity contribution in [2.24, 2.45) is 5.92 Å². The van der Waals surface area contributed by atoms with Crippen LogP contribution in [0.25, 0.3) is 0 Å². The van der Waals surface area contributed by atoms with Gasteiger partial charge in [-0.25, -0.2) is 0 Å². The van der Waals surface area contributed by atoms with Crippen LogP contribution in [0.2, 0.25) is 0 Å². The van der Waals surface area contributed by atoms with Crippen LogP contribution in [0.1, 0.15) is 43.6 Å². The summed E-state index contributed by atoms with van der Waals surface area (Å²) >= 11 is 1.74. The molecular formula is C14H20N2OS. The van der Waals surface area contributed by atoms with Crippen molar-refractivity contribution in [1.82, 2.24) is 10.2 Å². The van der Waals surface area contributed by atoms with Gasteiger partial charge in [-0.3, -0.25) is 10.1 Å². The van der Waals surface area contributed by atoms with E-state index in [1.54, 1.807) is 11.3 Å². The summed E-state index contributed by atoms with van der Waals surface area (Å²) in [6.07, 6.45) is 4.70. The Morgan fingerprint density at radius 1 is 1.50 bits per heavy atom. The first-order valence-corrected chi connectivity index (χ1v) is 7.77. The van der Waals surface area contributed by atoms with Crippen LogP contribution in [-0.4, -0.2) is 23.4 Å². The summed E-state index contributed by atoms with van der Waals surface area (Å²) < 4.78 is 0. The highest BCUT2D eigenvalue weighted by molar-refractivity contribution is 7.10. The maximum atomic E-state index is 12.4. The molecule has 18 heavy (non-hydrogen) atoms. The van der Waals surface area contributed by atoms with Gasteiger partial charge in [0, 0.05) is 11.4 Å². The van der Waals surface area contributed by atoms with E-state index in [-0.39, 0.29) is 12.2 Å². The van der Waals surface area contributed by atoms with Crippen LogP contribution < -0.4 is 5.32 Å². The van der Waals surface area contributed by atoms with Gasteiger partial charge in [0.2, 0.25) is 5.91 Å². The summed E-state index contributed by atoms with van der Waals surface area (Å²) in [5.41, 5.74) is 0. The minimum absolute atomic E-state index is 0.0286. The molecular weight excluding hydrogens is 244 g/mol. The Morgan fingerprint density at radius 3 is 2.94 bits per heavy atom. The third-order valence-electron chi connectivity index (χ3n) is 3.79. The van der Waals surface area contributed by atoms with E-state index >= 15 is 0 Å². The Balaban J connectivity index is 1.78. The predicted octanol–water partition coefficient (Wildman–Crippen LogP) is 2.76. The maximum absolute atomic E-state index is 12.4. The highest BCUT2D eigenvalue weighted by Gasteiger charge is 2.41. The molecule has 1 saturated carbocycles. The number of nitrogens with one attached hydrogen (secondary N) is 1. The van der Waals surface area contributed by atoms with E-state index in [1.807, 2.05) is 0 Å². The molecule has 0 radical (unpaired) electrons. The first kappa shape index (κ1) is 12.2. The largest absolute Gasteiger partial charge is 0.320 e. The number of thiophene rings is 1. The van der Waals surface area contributed by atoms with E-state index in [2.05, 4.69) is 34.7 Å². The highest BCUT2D eigenvalue weighted by atomic mass is 32.1. The Morgan fingerprint density at radius 2 is 2.33 bits per heavy atom. The summed E-state index contributed by atoms with van der Waals surface area (Å²) in [5, 5.41) is 5.60. The Hall–Kier alpha value is -0.870. The zero-order valence-electron chi connectivity index (χ0n) is 10.8. The van der Waals surface area contributed by atoms with Gasteiger partial charge in [-0.15, -0.1) is 11.3 Å². The number of hydrogen-bond donors (Lipinski definition) is 1. The molecule has 98 valence electrons. The predicted molar refractivity (Wildman–Crippen MR) is 73.3 cm³/mol. The molecule has 1 amide bonds. The lowest BCUT2D eigenvalue weighted by Gasteiger charge is -2.23. The topological polar surface area (TPSA) is 32.3 Å². The van der Waals surface area contributed by atoms with Gasteiger partial charge >= 0.3 is 0 Å². The molecule has 1 saturated heterocycles. The molecule has 4 heteroatoms. The molecule has 3 nitrogen and oxygen atoms in total. The average Bonchev–Trinajstić information content (AvgIpc) is 2.91. The lowest BCUT2D eigenvalue weighted by Crippen LogP contribution is -2.32. The Kier molecular flexibility index (Phi) is 3.39. The van der Waals surface area contributed by atoms with Gasteiger partial charge in [-0.2, -0.15) is 0 Å². The van der Waals surface area contributed by atoms with Crippen LogP contribution in [0, 0.1) is 5.92 Å². The molecule has 1 aliphatic carbocycles. The Bertz CT molecular complexity index is 413. The van der Waals surface area contributed by atoms with Gasteiger partial charge in [0.15, 0.2) is 0 Å². The summed E-state index contributed by atoms with van der Waals surface area (Å²) in [7, 11) is 0. The summed E-state index contributed by atoms with van der Waals surface area (Å²) in [6.45, 7) is 3.08. The van der Waals surface area contributed by atoms with Crippen molar-refractivity contribution in [1.29, 1.82) is 0 Å². The van der Waals surface area contributed by atoms with Crippen molar-refractivity contribution < 1.29 is 4.79 Å². The zero-order valence-corrected chi connectivity index (χ0v) is 11.6. The van der Waals surface area contributed by atoms with Crippen LogP contribution in [0.5, 0.6) is 0 Å². The SMILES string of the molecule is CCCC1NC(c2cccs2)N(CC2CC2)C1=O. The second-order valence-electron chi connectivity index (χ2n) is 5.36. The monoisotopic (exact) mass is 264 g/mol. The van der Waals surface area contributed by atoms with Crippen molar-refractivity contribution in [2.45, 2.75) is 44.8 Å². The molecule has 1 N–H and O–H groups in total. The number of carbonyl (C=O) groups is 1. The van der Waals surface area contributed by atoms with Gasteiger partial charge in [-0.1, -0.05) is 19.4 Å². The second kappa shape index (κ2) is 5.02. The maximum Gasteiger partial charge on any atom is 0.241 e. The molecule has 0 spiro atoms. The molecule has 2 fully saturated rings. The number of rotatable bonds is 5. The summed E-state index contributed by atoms with van der Waals surface area (Å²) in [5.74, 6) is 1.06. The van der Waals surface area contributed by atoms with Crippen molar-refractivity contribution in [3.8, 4) is 0 Å². The fourth-order valence-electron chi connectivity index (χ4n) is 2.63. The number of hydrogen-bond acceptors (Lipinski definition) is 3. The Labute approximate surface area is 112 Å². The van der Waals surface area contributed by atoms with Crippen molar-refractivity contribution in [3.63, 3.8) is 0 Å². The molecule has 0 bridgehead atoms. The van der Waals surface area contributed by atoms with Crippen LogP contribution >= 0.6 is 11.3 Å². The van der Waals surface area contributed by atoms with Crippen LogP contribution in [-0.2, 0) is 4.79 Å². The lowest BCUT2D eigenvalue weighted by molar-refractivity contribution is -0.130. The molecule has 0 aromatic carbocycles. The molecule has 2 heterocycles. The lowest BCUT2D eigenvalue weighted by atomic mass is 10.1. The first-order chi connectivity index (χ1) is 8.79. The van der Waals surface area contributed by atoms with Crippen LogP contribution in [0.4, 0.5) is 0 Å². The zero-order chi connectivity index (χ0) is 12.5. The number of nitrogens with zero attached hydrogens (tertiary/aromatic N) is 1. The minimum atomic E-state index is 0.0286. The van der Waals surface area contributed by atoms with Gasteiger partial charge in [0.1, 0.15) is 6.17 Å². The highest BCUT2D eigenvalue weighted by Crippen LogP contribution is 2.36. The normalized spacial score (nSPS) is 28.1. The van der Waals surface area contributed by atoms with E-state index in [0.29, 0.717) is 5.91 Å². The quantitative estimate of drug-likeness (QED) is 0.887. The summed E-state index contributed by atoms with van der Waals surface area (Å²) in [6, 6.07) is 4.22. The van der Waals surface area contributed by atoms with Crippen molar-refractivity contribution >= 4 is 17.2 Å². The van der Waals surface area contributed by atoms with E-state index in [1.165, 1.54) is 17.7 Å². The summed E-state index contributed by atoms with van der Waals surface area (Å²) in [4.78, 5) is 15.8. The van der Waals surface area contributed by atoms with Gasteiger partial charge in [0.25, 0.3) is 0 Å². The fraction of sp³-hybridized carbons (Fsp3) is 0.643. The van der Waals surface area contributed by atoms with E-state index in [9.17, 15) is 4.79 Å². The minimum Gasteiger partial charge on any atom is -0.320 e. The molecule has 1 aliphatic heterocycles. The third-order valence-corrected chi connectivity index (χ3v) is 4.72. The third kappa shape index (κ3) is 2.31. The van der Waals surface area contributed by atoms with Crippen molar-refractivity contribution in [2.75, 3.05) is 6.54 Å². The number of amides is 1. The van der Waals surface area contributed by atoms with Gasteiger partial charge < -0.3 is 4.90 Å². The second-order valence-corrected chi connectivity index (χ2v) is 6.34. The molecule has 1 aromatic rings. The molecule has 3 rings (SSSR count). The van der Waals surface area contributed by atoms with Gasteiger partial charge in [-0.05, 0) is 36.6 Å². The smallest absolute Gasteiger partial charge is 0.241 e. The van der Waals surface area contributed by atoms with Crippen LogP contribution in [0.3, 0.4) is 0 Å². The number of carbonyl (C=O) groups excluding carboxylic acids is 1. The van der Waals surface area contributed by atoms with Crippen LogP contribution in [0.15, 0.2) is 17.5 Å². The van der Waals surface area contributed by atoms with E-state index in [0.717, 1.165) is 25.3 Å². The van der Waals surface area contributed by atoms with Crippen molar-refractivity contribution in [3.05, 3.63) is 22.4 Å². The molecule has 2 atom stereocenters. The molecule has 2 unspecified atom stereocenters.